The Morgan fingerprint density at radius 2 is 2.35 bits per heavy atom. The molecule has 1 aromatic rings. The Labute approximate surface area is 114 Å². The number of carbonyl (C=O) groups is 1. The third-order valence-electron chi connectivity index (χ3n) is 3.19. The molecule has 1 fully saturated rings. The number of rotatable bonds is 4. The maximum absolute atomic E-state index is 12.0. The van der Waals surface area contributed by atoms with Crippen LogP contribution in [0.5, 0.6) is 5.75 Å². The molecular formula is C12H15N3O5. The molecule has 1 amide bonds. The normalized spacial score (nSPS) is 21.6. The number of aromatic hydroxyl groups is 1. The van der Waals surface area contributed by atoms with E-state index in [-0.39, 0.29) is 29.1 Å². The predicted octanol–water partition coefficient (Wildman–Crippen LogP) is 0.616. The Hall–Kier alpha value is -2.19. The highest BCUT2D eigenvalue weighted by atomic mass is 16.6. The summed E-state index contributed by atoms with van der Waals surface area (Å²) in [7, 11) is 1.57. The Kier molecular flexibility index (Phi) is 4.16. The average Bonchev–Trinajstić information content (AvgIpc) is 2.89. The van der Waals surface area contributed by atoms with Gasteiger partial charge in [0.05, 0.1) is 22.8 Å². The number of nitrogens with zero attached hydrogens (tertiary/aromatic N) is 1. The van der Waals surface area contributed by atoms with Crippen molar-refractivity contribution in [2.24, 2.45) is 0 Å². The van der Waals surface area contributed by atoms with Gasteiger partial charge in [0.25, 0.3) is 5.69 Å². The lowest BCUT2D eigenvalue weighted by atomic mass is 10.2. The van der Waals surface area contributed by atoms with Crippen LogP contribution in [0.3, 0.4) is 0 Å². The molecule has 0 spiro atoms. The Morgan fingerprint density at radius 1 is 1.60 bits per heavy atom. The molecule has 1 aliphatic heterocycles. The number of phenolic OH excluding ortho intramolecular Hbond substituents is 1. The van der Waals surface area contributed by atoms with E-state index < -0.39 is 11.0 Å². The van der Waals surface area contributed by atoms with Gasteiger partial charge >= 0.3 is 0 Å². The molecule has 0 bridgehead atoms. The highest BCUT2D eigenvalue weighted by Gasteiger charge is 2.29. The molecule has 108 valence electrons. The quantitative estimate of drug-likeness (QED) is 0.423. The van der Waals surface area contributed by atoms with Crippen molar-refractivity contribution in [2.75, 3.05) is 19.0 Å². The number of benzene rings is 1. The van der Waals surface area contributed by atoms with Gasteiger partial charge in [-0.1, -0.05) is 0 Å². The minimum Gasteiger partial charge on any atom is -0.506 e. The van der Waals surface area contributed by atoms with Crippen molar-refractivity contribution in [3.05, 3.63) is 28.3 Å². The number of ether oxygens (including phenoxy) is 1. The van der Waals surface area contributed by atoms with Gasteiger partial charge in [0.2, 0.25) is 5.91 Å². The highest BCUT2D eigenvalue weighted by Crippen LogP contribution is 2.28. The van der Waals surface area contributed by atoms with Crippen LogP contribution in [0.25, 0.3) is 0 Å². The van der Waals surface area contributed by atoms with E-state index in [2.05, 4.69) is 10.6 Å². The van der Waals surface area contributed by atoms with E-state index in [9.17, 15) is 20.0 Å². The summed E-state index contributed by atoms with van der Waals surface area (Å²) < 4.78 is 5.13. The second-order valence-corrected chi connectivity index (χ2v) is 4.50. The molecule has 2 unspecified atom stereocenters. The summed E-state index contributed by atoms with van der Waals surface area (Å²) in [6.45, 7) is 0.565. The van der Waals surface area contributed by atoms with E-state index in [1.807, 2.05) is 0 Å². The number of anilines is 1. The minimum absolute atomic E-state index is 0.0202. The molecule has 0 aliphatic carbocycles. The van der Waals surface area contributed by atoms with Crippen molar-refractivity contribution in [1.82, 2.24) is 5.32 Å². The van der Waals surface area contributed by atoms with Crippen molar-refractivity contribution < 1.29 is 19.6 Å². The molecule has 3 N–H and O–H groups in total. The molecule has 1 aromatic carbocycles. The van der Waals surface area contributed by atoms with E-state index in [0.717, 1.165) is 6.07 Å². The summed E-state index contributed by atoms with van der Waals surface area (Å²) in [5.41, 5.74) is -0.181. The van der Waals surface area contributed by atoms with Crippen LogP contribution < -0.4 is 10.6 Å². The molecule has 1 heterocycles. The summed E-state index contributed by atoms with van der Waals surface area (Å²) >= 11 is 0. The van der Waals surface area contributed by atoms with Gasteiger partial charge in [-0.3, -0.25) is 14.9 Å². The van der Waals surface area contributed by atoms with Crippen LogP contribution in [0.4, 0.5) is 11.4 Å². The maximum atomic E-state index is 12.0. The van der Waals surface area contributed by atoms with Gasteiger partial charge in [-0.2, -0.15) is 0 Å². The van der Waals surface area contributed by atoms with E-state index in [0.29, 0.717) is 13.0 Å². The van der Waals surface area contributed by atoms with Crippen LogP contribution in [0.2, 0.25) is 0 Å². The van der Waals surface area contributed by atoms with Gasteiger partial charge in [0.15, 0.2) is 0 Å². The number of nitro groups is 1. The van der Waals surface area contributed by atoms with E-state index in [1.165, 1.54) is 12.1 Å². The van der Waals surface area contributed by atoms with E-state index >= 15 is 0 Å². The van der Waals surface area contributed by atoms with Gasteiger partial charge in [-0.15, -0.1) is 0 Å². The number of non-ortho nitro benzene ring substituents is 1. The number of carbonyl (C=O) groups excluding carboxylic acids is 1. The van der Waals surface area contributed by atoms with Crippen LogP contribution in [0.1, 0.15) is 6.42 Å². The van der Waals surface area contributed by atoms with Gasteiger partial charge in [0.1, 0.15) is 5.75 Å². The number of methoxy groups -OCH3 is 1. The molecule has 8 nitrogen and oxygen atoms in total. The number of nitrogens with one attached hydrogen (secondary N) is 2. The first kappa shape index (κ1) is 14.2. The monoisotopic (exact) mass is 281 g/mol. The SMILES string of the molecule is COC1CNC(C(=O)Nc2cc([N+](=O)[O-])ccc2O)C1. The fraction of sp³-hybridized carbons (Fsp3) is 0.417. The first-order valence-corrected chi connectivity index (χ1v) is 6.05. The third-order valence-corrected chi connectivity index (χ3v) is 3.19. The highest BCUT2D eigenvalue weighted by molar-refractivity contribution is 5.96. The summed E-state index contributed by atoms with van der Waals surface area (Å²) in [5, 5.41) is 25.8. The molecular weight excluding hydrogens is 266 g/mol. The summed E-state index contributed by atoms with van der Waals surface area (Å²) in [5.74, 6) is -0.578. The van der Waals surface area contributed by atoms with Crippen molar-refractivity contribution >= 4 is 17.3 Å². The van der Waals surface area contributed by atoms with Crippen LogP contribution in [-0.4, -0.2) is 41.7 Å². The molecule has 1 aliphatic rings. The zero-order chi connectivity index (χ0) is 14.7. The molecule has 0 aromatic heterocycles. The first-order valence-electron chi connectivity index (χ1n) is 6.05. The van der Waals surface area contributed by atoms with Gasteiger partial charge in [-0.25, -0.2) is 0 Å². The number of hydrogen-bond acceptors (Lipinski definition) is 6. The van der Waals surface area contributed by atoms with Crippen molar-refractivity contribution in [1.29, 1.82) is 0 Å². The van der Waals surface area contributed by atoms with E-state index in [4.69, 9.17) is 4.74 Å². The smallest absolute Gasteiger partial charge is 0.271 e. The second-order valence-electron chi connectivity index (χ2n) is 4.50. The number of nitro benzene ring substituents is 1. The fourth-order valence-corrected chi connectivity index (χ4v) is 2.04. The lowest BCUT2D eigenvalue weighted by molar-refractivity contribution is -0.384. The molecule has 8 heteroatoms. The summed E-state index contributed by atoms with van der Waals surface area (Å²) in [6, 6.07) is 3.02. The topological polar surface area (TPSA) is 114 Å². The Morgan fingerprint density at radius 3 is 2.95 bits per heavy atom. The molecule has 2 atom stereocenters. The van der Waals surface area contributed by atoms with E-state index in [1.54, 1.807) is 7.11 Å². The Bertz CT molecular complexity index is 534. The minimum atomic E-state index is -0.593. The molecule has 0 saturated carbocycles. The fourth-order valence-electron chi connectivity index (χ4n) is 2.04. The second kappa shape index (κ2) is 5.85. The standard InChI is InChI=1S/C12H15N3O5/c1-20-8-5-10(13-6-8)12(17)14-9-4-7(15(18)19)2-3-11(9)16/h2-4,8,10,13,16H,5-6H2,1H3,(H,14,17). The van der Waals surface area contributed by atoms with Crippen LogP contribution in [-0.2, 0) is 9.53 Å². The zero-order valence-electron chi connectivity index (χ0n) is 10.8. The largest absolute Gasteiger partial charge is 0.506 e. The third kappa shape index (κ3) is 3.03. The van der Waals surface area contributed by atoms with Crippen molar-refractivity contribution in [3.8, 4) is 5.75 Å². The first-order chi connectivity index (χ1) is 9.51. The molecule has 1 saturated heterocycles. The Balaban J connectivity index is 2.08. The van der Waals surface area contributed by atoms with Gasteiger partial charge in [-0.05, 0) is 12.5 Å². The number of amides is 1. The zero-order valence-corrected chi connectivity index (χ0v) is 10.8. The van der Waals surface area contributed by atoms with Gasteiger partial charge < -0.3 is 20.5 Å². The molecule has 2 rings (SSSR count). The molecule has 0 radical (unpaired) electrons. The number of phenols is 1. The predicted molar refractivity (Wildman–Crippen MR) is 70.6 cm³/mol. The van der Waals surface area contributed by atoms with Crippen LogP contribution in [0.15, 0.2) is 18.2 Å². The lowest BCUT2D eigenvalue weighted by Gasteiger charge is -2.12. The van der Waals surface area contributed by atoms with Crippen molar-refractivity contribution in [3.63, 3.8) is 0 Å². The van der Waals surface area contributed by atoms with Crippen LogP contribution in [0, 0.1) is 10.1 Å². The van der Waals surface area contributed by atoms with Crippen molar-refractivity contribution in [2.45, 2.75) is 18.6 Å². The summed E-state index contributed by atoms with van der Waals surface area (Å²) in [6.07, 6.45) is 0.474. The number of hydrogen-bond donors (Lipinski definition) is 3. The maximum Gasteiger partial charge on any atom is 0.271 e. The molecule has 20 heavy (non-hydrogen) atoms. The average molecular weight is 281 g/mol. The summed E-state index contributed by atoms with van der Waals surface area (Å²) in [4.78, 5) is 22.1. The van der Waals surface area contributed by atoms with Gasteiger partial charge in [0, 0.05) is 25.8 Å². The lowest BCUT2D eigenvalue weighted by Crippen LogP contribution is -2.35. The van der Waals surface area contributed by atoms with Crippen LogP contribution >= 0.6 is 0 Å².